The molecule has 21 heavy (non-hydrogen) atoms. The molecule has 0 aromatic heterocycles. The molecular weight excluding hydrogens is 312 g/mol. The zero-order chi connectivity index (χ0) is 15.6. The van der Waals surface area contributed by atoms with Crippen molar-refractivity contribution in [2.75, 3.05) is 37.1 Å². The molecule has 6 nitrogen and oxygen atoms in total. The quantitative estimate of drug-likeness (QED) is 0.826. The van der Waals surface area contributed by atoms with Crippen LogP contribution in [-0.4, -0.2) is 56.0 Å². The lowest BCUT2D eigenvalue weighted by Crippen LogP contribution is -2.49. The Morgan fingerprint density at radius 3 is 2.81 bits per heavy atom. The smallest absolute Gasteiger partial charge is 0.258 e. The molecule has 1 aliphatic heterocycles. The Balaban J connectivity index is 2.38. The predicted octanol–water partition coefficient (Wildman–Crippen LogP) is 0.837. The number of amides is 1. The molecule has 0 saturated carbocycles. The van der Waals surface area contributed by atoms with Crippen molar-refractivity contribution in [1.82, 2.24) is 4.90 Å². The summed E-state index contributed by atoms with van der Waals surface area (Å²) < 4.78 is 28.9. The predicted molar refractivity (Wildman–Crippen MR) is 84.4 cm³/mol. The van der Waals surface area contributed by atoms with E-state index in [0.717, 1.165) is 12.0 Å². The van der Waals surface area contributed by atoms with Gasteiger partial charge in [-0.25, -0.2) is 8.42 Å². The van der Waals surface area contributed by atoms with Crippen LogP contribution in [0.3, 0.4) is 0 Å². The fourth-order valence-electron chi connectivity index (χ4n) is 2.21. The van der Waals surface area contributed by atoms with Gasteiger partial charge < -0.3 is 15.4 Å². The van der Waals surface area contributed by atoms with Gasteiger partial charge in [0.15, 0.2) is 9.84 Å². The molecule has 1 heterocycles. The number of hydrogen-bond acceptors (Lipinski definition) is 6. The van der Waals surface area contributed by atoms with Gasteiger partial charge in [-0.05, 0) is 12.1 Å². The number of nitrogens with two attached hydrogens (primary N) is 1. The van der Waals surface area contributed by atoms with E-state index in [1.54, 1.807) is 18.2 Å². The molecule has 8 heteroatoms. The van der Waals surface area contributed by atoms with Crippen LogP contribution in [0.2, 0.25) is 0 Å². The molecular formula is C13H18N2O4S2. The molecule has 116 valence electrons. The van der Waals surface area contributed by atoms with E-state index in [0.29, 0.717) is 29.3 Å². The van der Waals surface area contributed by atoms with Crippen LogP contribution in [0.1, 0.15) is 10.4 Å². The van der Waals surface area contributed by atoms with Crippen LogP contribution in [0.5, 0.6) is 5.75 Å². The average Bonchev–Trinajstić information content (AvgIpc) is 2.45. The van der Waals surface area contributed by atoms with Gasteiger partial charge in [-0.15, -0.1) is 0 Å². The third kappa shape index (κ3) is 3.44. The first-order valence-corrected chi connectivity index (χ1v) is 9.46. The molecule has 0 spiro atoms. The fourth-order valence-corrected chi connectivity index (χ4v) is 5.02. The summed E-state index contributed by atoms with van der Waals surface area (Å²) in [7, 11) is -1.89. The monoisotopic (exact) mass is 330 g/mol. The summed E-state index contributed by atoms with van der Waals surface area (Å²) in [6.07, 6.45) is 1.16. The minimum Gasteiger partial charge on any atom is -0.496 e. The lowest BCUT2D eigenvalue weighted by atomic mass is 10.1. The number of carbonyl (C=O) groups is 1. The SMILES string of the molecule is COc1cc(N)ccc1C(=O)N1CCSCC1S(C)(=O)=O. The first kappa shape index (κ1) is 16.0. The normalized spacial score (nSPS) is 19.3. The molecule has 1 atom stereocenters. The molecule has 2 rings (SSSR count). The number of nitrogens with zero attached hydrogens (tertiary/aromatic N) is 1. The number of thioether (sulfide) groups is 1. The zero-order valence-electron chi connectivity index (χ0n) is 11.9. The maximum atomic E-state index is 12.7. The number of ether oxygens (including phenoxy) is 1. The third-order valence-electron chi connectivity index (χ3n) is 3.30. The van der Waals surface area contributed by atoms with E-state index in [-0.39, 0.29) is 5.91 Å². The van der Waals surface area contributed by atoms with Crippen molar-refractivity contribution >= 4 is 33.2 Å². The number of sulfone groups is 1. The summed E-state index contributed by atoms with van der Waals surface area (Å²) >= 11 is 1.53. The summed E-state index contributed by atoms with van der Waals surface area (Å²) in [5, 5.41) is -0.800. The van der Waals surface area contributed by atoms with E-state index in [4.69, 9.17) is 10.5 Å². The molecule has 1 aromatic carbocycles. The number of nitrogen functional groups attached to an aromatic ring is 1. The fraction of sp³-hybridized carbons (Fsp3) is 0.462. The van der Waals surface area contributed by atoms with Gasteiger partial charge in [-0.2, -0.15) is 11.8 Å². The summed E-state index contributed by atoms with van der Waals surface area (Å²) in [5.41, 5.74) is 6.48. The Bertz CT molecular complexity index is 646. The van der Waals surface area contributed by atoms with E-state index in [2.05, 4.69) is 0 Å². The van der Waals surface area contributed by atoms with Crippen molar-refractivity contribution in [3.05, 3.63) is 23.8 Å². The van der Waals surface area contributed by atoms with Crippen molar-refractivity contribution in [3.63, 3.8) is 0 Å². The van der Waals surface area contributed by atoms with Gasteiger partial charge in [-0.1, -0.05) is 0 Å². The second-order valence-electron chi connectivity index (χ2n) is 4.82. The van der Waals surface area contributed by atoms with Crippen molar-refractivity contribution < 1.29 is 17.9 Å². The Kier molecular flexibility index (Phi) is 4.67. The summed E-state index contributed by atoms with van der Waals surface area (Å²) in [4.78, 5) is 14.1. The van der Waals surface area contributed by atoms with Gasteiger partial charge >= 0.3 is 0 Å². The summed E-state index contributed by atoms with van der Waals surface area (Å²) in [6.45, 7) is 0.398. The first-order chi connectivity index (χ1) is 9.84. The van der Waals surface area contributed by atoms with Crippen LogP contribution in [0.4, 0.5) is 5.69 Å². The molecule has 1 unspecified atom stereocenters. The van der Waals surface area contributed by atoms with Gasteiger partial charge in [0.1, 0.15) is 11.1 Å². The van der Waals surface area contributed by atoms with Crippen molar-refractivity contribution in [2.24, 2.45) is 0 Å². The van der Waals surface area contributed by atoms with Gasteiger partial charge in [0.05, 0.1) is 12.7 Å². The number of hydrogen-bond donors (Lipinski definition) is 1. The summed E-state index contributed by atoms with van der Waals surface area (Å²) in [5.74, 6) is 1.12. The standard InChI is InChI=1S/C13H18N2O4S2/c1-19-11-7-9(14)3-4-10(11)13(16)15-5-6-20-8-12(15)21(2,17)18/h3-4,7,12H,5-6,8,14H2,1-2H3. The van der Waals surface area contributed by atoms with Gasteiger partial charge in [0.25, 0.3) is 5.91 Å². The Labute approximate surface area is 128 Å². The van der Waals surface area contributed by atoms with Crippen molar-refractivity contribution in [3.8, 4) is 5.75 Å². The first-order valence-electron chi connectivity index (χ1n) is 6.35. The Morgan fingerprint density at radius 1 is 1.48 bits per heavy atom. The van der Waals surface area contributed by atoms with Gasteiger partial charge in [0.2, 0.25) is 0 Å². The van der Waals surface area contributed by atoms with E-state index in [1.165, 1.54) is 23.8 Å². The van der Waals surface area contributed by atoms with E-state index >= 15 is 0 Å². The van der Waals surface area contributed by atoms with Crippen LogP contribution < -0.4 is 10.5 Å². The number of anilines is 1. The minimum atomic E-state index is -3.34. The number of rotatable bonds is 3. The maximum Gasteiger partial charge on any atom is 0.258 e. The highest BCUT2D eigenvalue weighted by molar-refractivity contribution is 8.00. The van der Waals surface area contributed by atoms with Gasteiger partial charge in [0, 0.05) is 36.1 Å². The van der Waals surface area contributed by atoms with Crippen molar-refractivity contribution in [1.29, 1.82) is 0 Å². The highest BCUT2D eigenvalue weighted by Crippen LogP contribution is 2.27. The number of benzene rings is 1. The molecule has 1 amide bonds. The average molecular weight is 330 g/mol. The molecule has 2 N–H and O–H groups in total. The molecule has 1 fully saturated rings. The van der Waals surface area contributed by atoms with E-state index in [1.807, 2.05) is 0 Å². The van der Waals surface area contributed by atoms with E-state index in [9.17, 15) is 13.2 Å². The van der Waals surface area contributed by atoms with Crippen LogP contribution in [-0.2, 0) is 9.84 Å². The van der Waals surface area contributed by atoms with Crippen molar-refractivity contribution in [2.45, 2.75) is 5.37 Å². The number of carbonyl (C=O) groups excluding carboxylic acids is 1. The van der Waals surface area contributed by atoms with Crippen LogP contribution in [0.25, 0.3) is 0 Å². The lowest BCUT2D eigenvalue weighted by Gasteiger charge is -2.34. The zero-order valence-corrected chi connectivity index (χ0v) is 13.5. The maximum absolute atomic E-state index is 12.7. The van der Waals surface area contributed by atoms with Crippen LogP contribution in [0.15, 0.2) is 18.2 Å². The largest absolute Gasteiger partial charge is 0.496 e. The Hall–Kier alpha value is -1.41. The Morgan fingerprint density at radius 2 is 2.19 bits per heavy atom. The second-order valence-corrected chi connectivity index (χ2v) is 8.17. The molecule has 0 radical (unpaired) electrons. The van der Waals surface area contributed by atoms with E-state index < -0.39 is 15.2 Å². The highest BCUT2D eigenvalue weighted by atomic mass is 32.2. The molecule has 0 aliphatic carbocycles. The molecule has 1 aliphatic rings. The highest BCUT2D eigenvalue weighted by Gasteiger charge is 2.35. The molecule has 0 bridgehead atoms. The second kappa shape index (κ2) is 6.15. The molecule has 1 saturated heterocycles. The van der Waals surface area contributed by atoms with Gasteiger partial charge in [-0.3, -0.25) is 4.79 Å². The number of methoxy groups -OCH3 is 1. The van der Waals surface area contributed by atoms with Crippen LogP contribution in [0, 0.1) is 0 Å². The lowest BCUT2D eigenvalue weighted by molar-refractivity contribution is 0.0746. The minimum absolute atomic E-state index is 0.326. The van der Waals surface area contributed by atoms with Crippen LogP contribution >= 0.6 is 11.8 Å². The topological polar surface area (TPSA) is 89.7 Å². The third-order valence-corrected chi connectivity index (χ3v) is 5.94. The molecule has 1 aromatic rings. The summed E-state index contributed by atoms with van der Waals surface area (Å²) in [6, 6.07) is 4.73.